The van der Waals surface area contributed by atoms with E-state index in [-0.39, 0.29) is 12.1 Å². The van der Waals surface area contributed by atoms with E-state index in [0.717, 1.165) is 18.4 Å². The number of ether oxygens (including phenoxy) is 1. The minimum absolute atomic E-state index is 0.282. The molecule has 2 aromatic rings. The first kappa shape index (κ1) is 14.8. The largest absolute Gasteiger partial charge is 0.454 e. The molecule has 0 radical (unpaired) electrons. The Labute approximate surface area is 124 Å². The van der Waals surface area contributed by atoms with E-state index in [1.165, 1.54) is 0 Å². The Kier molecular flexibility index (Phi) is 5.11. The zero-order valence-electron chi connectivity index (χ0n) is 12.0. The fraction of sp³-hybridized carbons (Fsp3) is 0.222. The number of hydrogen-bond donors (Lipinski definition) is 0. The first-order valence-electron chi connectivity index (χ1n) is 7.00. The van der Waals surface area contributed by atoms with Crippen LogP contribution >= 0.6 is 0 Å². The molecule has 2 aromatic carbocycles. The summed E-state index contributed by atoms with van der Waals surface area (Å²) in [4.78, 5) is 12.2. The second-order valence-electron chi connectivity index (χ2n) is 4.78. The van der Waals surface area contributed by atoms with Gasteiger partial charge in [-0.3, -0.25) is 0 Å². The maximum atomic E-state index is 12.2. The van der Waals surface area contributed by atoms with Crippen LogP contribution in [0.1, 0.15) is 47.4 Å². The summed E-state index contributed by atoms with van der Waals surface area (Å²) in [5.41, 5.74) is 2.07. The molecule has 21 heavy (non-hydrogen) atoms. The molecule has 0 saturated carbocycles. The number of esters is 1. The van der Waals surface area contributed by atoms with Gasteiger partial charge >= 0.3 is 5.97 Å². The van der Waals surface area contributed by atoms with Crippen molar-refractivity contribution in [2.45, 2.75) is 25.9 Å². The highest BCUT2D eigenvalue weighted by Crippen LogP contribution is 2.24. The van der Waals surface area contributed by atoms with E-state index in [4.69, 9.17) is 10.00 Å². The van der Waals surface area contributed by atoms with Crippen molar-refractivity contribution in [2.24, 2.45) is 0 Å². The van der Waals surface area contributed by atoms with Gasteiger partial charge in [-0.2, -0.15) is 5.26 Å². The van der Waals surface area contributed by atoms with Crippen LogP contribution in [0.2, 0.25) is 0 Å². The second-order valence-corrected chi connectivity index (χ2v) is 4.78. The van der Waals surface area contributed by atoms with Gasteiger partial charge in [-0.25, -0.2) is 4.79 Å². The molecule has 2 rings (SSSR count). The third-order valence-electron chi connectivity index (χ3n) is 3.22. The predicted octanol–water partition coefficient (Wildman–Crippen LogP) is 4.26. The molecule has 0 N–H and O–H groups in total. The maximum Gasteiger partial charge on any atom is 0.338 e. The van der Waals surface area contributed by atoms with Crippen molar-refractivity contribution in [3.63, 3.8) is 0 Å². The number of nitrogens with zero attached hydrogens (tertiary/aromatic N) is 1. The molecule has 0 aliphatic rings. The van der Waals surface area contributed by atoms with Gasteiger partial charge in [0.1, 0.15) is 6.10 Å². The molecule has 106 valence electrons. The van der Waals surface area contributed by atoms with Crippen LogP contribution in [0.4, 0.5) is 0 Å². The number of carbonyl (C=O) groups is 1. The van der Waals surface area contributed by atoms with E-state index in [1.807, 2.05) is 37.3 Å². The van der Waals surface area contributed by atoms with Gasteiger partial charge in [0.05, 0.1) is 17.2 Å². The molecule has 3 nitrogen and oxygen atoms in total. The van der Waals surface area contributed by atoms with E-state index in [9.17, 15) is 4.79 Å². The summed E-state index contributed by atoms with van der Waals surface area (Å²) >= 11 is 0. The summed E-state index contributed by atoms with van der Waals surface area (Å²) in [7, 11) is 0. The minimum Gasteiger partial charge on any atom is -0.454 e. The zero-order chi connectivity index (χ0) is 15.1. The summed E-state index contributed by atoms with van der Waals surface area (Å²) in [6.07, 6.45) is 1.38. The molecule has 0 aliphatic carbocycles. The van der Waals surface area contributed by atoms with Crippen molar-refractivity contribution in [3.8, 4) is 6.07 Å². The molecule has 1 unspecified atom stereocenters. The normalized spacial score (nSPS) is 11.4. The molecule has 0 saturated heterocycles. The SMILES string of the molecule is CCCC(OC(=O)c1ccccc1)c1ccc(C#N)cc1. The molecule has 0 heterocycles. The highest BCUT2D eigenvalue weighted by molar-refractivity contribution is 5.89. The first-order valence-corrected chi connectivity index (χ1v) is 7.00. The standard InChI is InChI=1S/C18H17NO2/c1-2-6-17(15-11-9-14(13-19)10-12-15)21-18(20)16-7-4-3-5-8-16/h3-5,7-12,17H,2,6H2,1H3. The van der Waals surface area contributed by atoms with Crippen LogP contribution < -0.4 is 0 Å². The van der Waals surface area contributed by atoms with Gasteiger partial charge in [0.2, 0.25) is 0 Å². The number of benzene rings is 2. The molecule has 0 amide bonds. The molecule has 0 bridgehead atoms. The molecular formula is C18H17NO2. The zero-order valence-corrected chi connectivity index (χ0v) is 12.0. The molecule has 3 heteroatoms. The van der Waals surface area contributed by atoms with Gasteiger partial charge in [0.25, 0.3) is 0 Å². The molecule has 0 aromatic heterocycles. The van der Waals surface area contributed by atoms with Crippen molar-refractivity contribution in [3.05, 3.63) is 71.3 Å². The van der Waals surface area contributed by atoms with Gasteiger partial charge in [-0.05, 0) is 36.2 Å². The van der Waals surface area contributed by atoms with Gasteiger partial charge in [-0.15, -0.1) is 0 Å². The topological polar surface area (TPSA) is 50.1 Å². The quantitative estimate of drug-likeness (QED) is 0.768. The Morgan fingerprint density at radius 2 is 1.81 bits per heavy atom. The highest BCUT2D eigenvalue weighted by atomic mass is 16.5. The lowest BCUT2D eigenvalue weighted by molar-refractivity contribution is 0.0275. The van der Waals surface area contributed by atoms with Crippen molar-refractivity contribution < 1.29 is 9.53 Å². The molecular weight excluding hydrogens is 262 g/mol. The lowest BCUT2D eigenvalue weighted by Gasteiger charge is -2.18. The minimum atomic E-state index is -0.321. The van der Waals surface area contributed by atoms with Gasteiger partial charge in [0, 0.05) is 0 Å². The average Bonchev–Trinajstić information content (AvgIpc) is 2.55. The van der Waals surface area contributed by atoms with Crippen molar-refractivity contribution in [1.82, 2.24) is 0 Å². The van der Waals surface area contributed by atoms with Crippen LogP contribution in [0, 0.1) is 11.3 Å². The van der Waals surface area contributed by atoms with Crippen LogP contribution in [-0.4, -0.2) is 5.97 Å². The van der Waals surface area contributed by atoms with Gasteiger partial charge < -0.3 is 4.74 Å². The van der Waals surface area contributed by atoms with Crippen molar-refractivity contribution in [1.29, 1.82) is 5.26 Å². The Morgan fingerprint density at radius 1 is 1.14 bits per heavy atom. The highest BCUT2D eigenvalue weighted by Gasteiger charge is 2.17. The fourth-order valence-electron chi connectivity index (χ4n) is 2.10. The summed E-state index contributed by atoms with van der Waals surface area (Å²) in [5, 5.41) is 8.83. The smallest absolute Gasteiger partial charge is 0.338 e. The fourth-order valence-corrected chi connectivity index (χ4v) is 2.10. The third-order valence-corrected chi connectivity index (χ3v) is 3.22. The summed E-state index contributed by atoms with van der Waals surface area (Å²) in [6.45, 7) is 2.05. The van der Waals surface area contributed by atoms with Crippen LogP contribution in [0.5, 0.6) is 0 Å². The Balaban J connectivity index is 2.15. The molecule has 1 atom stereocenters. The lowest BCUT2D eigenvalue weighted by atomic mass is 10.0. The first-order chi connectivity index (χ1) is 10.2. The van der Waals surface area contributed by atoms with E-state index in [0.29, 0.717) is 11.1 Å². The van der Waals surface area contributed by atoms with E-state index in [2.05, 4.69) is 6.07 Å². The number of carbonyl (C=O) groups excluding carboxylic acids is 1. The predicted molar refractivity (Wildman–Crippen MR) is 80.7 cm³/mol. The van der Waals surface area contributed by atoms with Crippen LogP contribution in [0.3, 0.4) is 0 Å². The Hall–Kier alpha value is -2.60. The number of nitriles is 1. The molecule has 0 aliphatic heterocycles. The molecule has 0 spiro atoms. The average molecular weight is 279 g/mol. The van der Waals surface area contributed by atoms with Crippen LogP contribution in [0.15, 0.2) is 54.6 Å². The Bertz CT molecular complexity index is 627. The Morgan fingerprint density at radius 3 is 2.38 bits per heavy atom. The monoisotopic (exact) mass is 279 g/mol. The second kappa shape index (κ2) is 7.25. The van der Waals surface area contributed by atoms with Crippen LogP contribution in [-0.2, 0) is 4.74 Å². The van der Waals surface area contributed by atoms with Gasteiger partial charge in [0.15, 0.2) is 0 Å². The van der Waals surface area contributed by atoms with E-state index in [1.54, 1.807) is 24.3 Å². The lowest BCUT2D eigenvalue weighted by Crippen LogP contribution is -2.11. The number of rotatable bonds is 5. The summed E-state index contributed by atoms with van der Waals surface area (Å²) in [6, 6.07) is 18.2. The van der Waals surface area contributed by atoms with E-state index < -0.39 is 0 Å². The van der Waals surface area contributed by atoms with Gasteiger partial charge in [-0.1, -0.05) is 43.7 Å². The third kappa shape index (κ3) is 3.93. The van der Waals surface area contributed by atoms with Crippen molar-refractivity contribution in [2.75, 3.05) is 0 Å². The summed E-state index contributed by atoms with van der Waals surface area (Å²) in [5.74, 6) is -0.321. The number of hydrogen-bond acceptors (Lipinski definition) is 3. The maximum absolute atomic E-state index is 12.2. The summed E-state index contributed by atoms with van der Waals surface area (Å²) < 4.78 is 5.61. The molecule has 0 fully saturated rings. The van der Waals surface area contributed by atoms with E-state index >= 15 is 0 Å². The van der Waals surface area contributed by atoms with Crippen molar-refractivity contribution >= 4 is 5.97 Å². The van der Waals surface area contributed by atoms with Crippen LogP contribution in [0.25, 0.3) is 0 Å².